The first-order valence-electron chi connectivity index (χ1n) is 6.50. The SMILES string of the molecule is COC(=O)c1cc(-c2nc(-c3ccccc3)cs2)c(SC)s1. The number of carbonyl (C=O) groups is 1. The number of thiophene rings is 1. The van der Waals surface area contributed by atoms with E-state index in [9.17, 15) is 4.79 Å². The summed E-state index contributed by atoms with van der Waals surface area (Å²) >= 11 is 4.66. The van der Waals surface area contributed by atoms with Gasteiger partial charge in [0.05, 0.1) is 17.0 Å². The third-order valence-electron chi connectivity index (χ3n) is 3.07. The molecule has 1 aromatic carbocycles. The number of thioether (sulfide) groups is 1. The summed E-state index contributed by atoms with van der Waals surface area (Å²) in [5, 5.41) is 2.97. The molecule has 3 aromatic rings. The van der Waals surface area contributed by atoms with Crippen molar-refractivity contribution in [3.8, 4) is 21.8 Å². The van der Waals surface area contributed by atoms with Gasteiger partial charge in [-0.1, -0.05) is 30.3 Å². The second-order valence-electron chi connectivity index (χ2n) is 4.41. The van der Waals surface area contributed by atoms with Gasteiger partial charge in [0.25, 0.3) is 0 Å². The molecule has 22 heavy (non-hydrogen) atoms. The number of aromatic nitrogens is 1. The molecule has 0 N–H and O–H groups in total. The van der Waals surface area contributed by atoms with Crippen molar-refractivity contribution >= 4 is 40.4 Å². The Morgan fingerprint density at radius 3 is 2.73 bits per heavy atom. The number of carbonyl (C=O) groups excluding carboxylic acids is 1. The second-order valence-corrected chi connectivity index (χ2v) is 7.40. The zero-order chi connectivity index (χ0) is 15.5. The minimum atomic E-state index is -0.300. The number of thiazole rings is 1. The summed E-state index contributed by atoms with van der Waals surface area (Å²) in [4.78, 5) is 17.0. The number of rotatable bonds is 4. The van der Waals surface area contributed by atoms with Crippen LogP contribution in [0.15, 0.2) is 46.0 Å². The maximum Gasteiger partial charge on any atom is 0.348 e. The zero-order valence-electron chi connectivity index (χ0n) is 12.0. The van der Waals surface area contributed by atoms with Crippen molar-refractivity contribution in [1.29, 1.82) is 0 Å². The van der Waals surface area contributed by atoms with E-state index in [0.717, 1.165) is 26.0 Å². The normalized spacial score (nSPS) is 10.6. The highest BCUT2D eigenvalue weighted by Crippen LogP contribution is 2.40. The Balaban J connectivity index is 2.00. The van der Waals surface area contributed by atoms with Gasteiger partial charge in [0.1, 0.15) is 9.88 Å². The van der Waals surface area contributed by atoms with E-state index in [0.29, 0.717) is 4.88 Å². The molecule has 6 heteroatoms. The summed E-state index contributed by atoms with van der Waals surface area (Å²) in [7, 11) is 1.40. The van der Waals surface area contributed by atoms with Crippen LogP contribution in [0.4, 0.5) is 0 Å². The van der Waals surface area contributed by atoms with Gasteiger partial charge in [-0.05, 0) is 12.3 Å². The number of hydrogen-bond donors (Lipinski definition) is 0. The summed E-state index contributed by atoms with van der Waals surface area (Å²) in [6, 6.07) is 12.0. The van der Waals surface area contributed by atoms with Crippen molar-refractivity contribution in [3.63, 3.8) is 0 Å². The third-order valence-corrected chi connectivity index (χ3v) is 6.20. The number of esters is 1. The van der Waals surface area contributed by atoms with Crippen LogP contribution in [0.5, 0.6) is 0 Å². The van der Waals surface area contributed by atoms with Gasteiger partial charge in [-0.3, -0.25) is 0 Å². The first kappa shape index (κ1) is 15.3. The second kappa shape index (κ2) is 6.64. The van der Waals surface area contributed by atoms with Gasteiger partial charge >= 0.3 is 5.97 Å². The molecule has 0 bridgehead atoms. The highest BCUT2D eigenvalue weighted by molar-refractivity contribution is 8.00. The summed E-state index contributed by atoms with van der Waals surface area (Å²) in [6.45, 7) is 0. The summed E-state index contributed by atoms with van der Waals surface area (Å²) in [5.74, 6) is -0.300. The molecule has 2 aromatic heterocycles. The van der Waals surface area contributed by atoms with E-state index in [2.05, 4.69) is 0 Å². The lowest BCUT2D eigenvalue weighted by Crippen LogP contribution is -1.96. The maximum atomic E-state index is 11.7. The largest absolute Gasteiger partial charge is 0.465 e. The van der Waals surface area contributed by atoms with Gasteiger partial charge in [-0.15, -0.1) is 34.4 Å². The lowest BCUT2D eigenvalue weighted by molar-refractivity contribution is 0.0606. The van der Waals surface area contributed by atoms with Gasteiger partial charge < -0.3 is 4.74 Å². The molecule has 0 aliphatic heterocycles. The number of methoxy groups -OCH3 is 1. The molecule has 0 aliphatic rings. The van der Waals surface area contributed by atoms with E-state index in [1.807, 2.05) is 48.0 Å². The predicted molar refractivity (Wildman–Crippen MR) is 94.0 cm³/mol. The highest BCUT2D eigenvalue weighted by atomic mass is 32.2. The average molecular weight is 347 g/mol. The summed E-state index contributed by atoms with van der Waals surface area (Å²) in [6.07, 6.45) is 2.00. The van der Waals surface area contributed by atoms with E-state index in [4.69, 9.17) is 9.72 Å². The Hall–Kier alpha value is -1.63. The standard InChI is InChI=1S/C16H13NO2S3/c1-19-15(18)13-8-11(16(20-2)22-13)14-17-12(9-21-14)10-6-4-3-5-7-10/h3-9H,1-2H3. The Kier molecular flexibility index (Phi) is 4.61. The molecule has 0 saturated carbocycles. The van der Waals surface area contributed by atoms with E-state index in [1.54, 1.807) is 23.1 Å². The number of benzene rings is 1. The van der Waals surface area contributed by atoms with E-state index >= 15 is 0 Å². The molecule has 0 radical (unpaired) electrons. The van der Waals surface area contributed by atoms with Crippen LogP contribution in [0.25, 0.3) is 21.8 Å². The fraction of sp³-hybridized carbons (Fsp3) is 0.125. The number of hydrogen-bond acceptors (Lipinski definition) is 6. The molecule has 0 unspecified atom stereocenters. The lowest BCUT2D eigenvalue weighted by atomic mass is 10.2. The molecule has 0 atom stereocenters. The van der Waals surface area contributed by atoms with Crippen LogP contribution >= 0.6 is 34.4 Å². The average Bonchev–Trinajstić information content (AvgIpc) is 3.21. The molecule has 3 nitrogen and oxygen atoms in total. The fourth-order valence-corrected chi connectivity index (χ4v) is 4.78. The van der Waals surface area contributed by atoms with Crippen molar-refractivity contribution in [2.45, 2.75) is 4.21 Å². The Morgan fingerprint density at radius 1 is 1.27 bits per heavy atom. The quantitative estimate of drug-likeness (QED) is 0.489. The fourth-order valence-electron chi connectivity index (χ4n) is 2.02. The van der Waals surface area contributed by atoms with Crippen LogP contribution in [0.1, 0.15) is 9.67 Å². The Morgan fingerprint density at radius 2 is 2.05 bits per heavy atom. The maximum absolute atomic E-state index is 11.7. The minimum absolute atomic E-state index is 0.300. The number of nitrogens with zero attached hydrogens (tertiary/aromatic N) is 1. The monoisotopic (exact) mass is 347 g/mol. The van der Waals surface area contributed by atoms with Crippen molar-refractivity contribution in [2.24, 2.45) is 0 Å². The first-order valence-corrected chi connectivity index (χ1v) is 9.42. The predicted octanol–water partition coefficient (Wildman–Crippen LogP) is 5.05. The van der Waals surface area contributed by atoms with Gasteiger partial charge in [-0.2, -0.15) is 0 Å². The van der Waals surface area contributed by atoms with Crippen molar-refractivity contribution in [3.05, 3.63) is 46.7 Å². The van der Waals surface area contributed by atoms with Crippen LogP contribution in [-0.4, -0.2) is 24.3 Å². The van der Waals surface area contributed by atoms with Gasteiger partial charge in [0.15, 0.2) is 0 Å². The van der Waals surface area contributed by atoms with Gasteiger partial charge in [0.2, 0.25) is 0 Å². The van der Waals surface area contributed by atoms with Crippen LogP contribution in [0.2, 0.25) is 0 Å². The topological polar surface area (TPSA) is 39.2 Å². The third kappa shape index (κ3) is 2.95. The van der Waals surface area contributed by atoms with E-state index in [-0.39, 0.29) is 5.97 Å². The molecule has 0 saturated heterocycles. The minimum Gasteiger partial charge on any atom is -0.465 e. The summed E-state index contributed by atoms with van der Waals surface area (Å²) < 4.78 is 5.88. The molecule has 0 spiro atoms. The first-order chi connectivity index (χ1) is 10.7. The van der Waals surface area contributed by atoms with E-state index < -0.39 is 0 Å². The highest BCUT2D eigenvalue weighted by Gasteiger charge is 2.18. The summed E-state index contributed by atoms with van der Waals surface area (Å²) in [5.41, 5.74) is 3.06. The Labute approximate surface area is 141 Å². The van der Waals surface area contributed by atoms with Crippen LogP contribution < -0.4 is 0 Å². The molecule has 0 fully saturated rings. The Bertz CT molecular complexity index is 793. The molecular formula is C16H13NO2S3. The van der Waals surface area contributed by atoms with Crippen LogP contribution in [0.3, 0.4) is 0 Å². The molecule has 112 valence electrons. The van der Waals surface area contributed by atoms with Crippen molar-refractivity contribution in [1.82, 2.24) is 4.98 Å². The molecular weight excluding hydrogens is 334 g/mol. The molecule has 3 rings (SSSR count). The zero-order valence-corrected chi connectivity index (χ0v) is 14.5. The van der Waals surface area contributed by atoms with Gasteiger partial charge in [-0.25, -0.2) is 9.78 Å². The van der Waals surface area contributed by atoms with Crippen molar-refractivity contribution in [2.75, 3.05) is 13.4 Å². The van der Waals surface area contributed by atoms with E-state index in [1.165, 1.54) is 18.4 Å². The number of ether oxygens (including phenoxy) is 1. The molecule has 0 amide bonds. The lowest BCUT2D eigenvalue weighted by Gasteiger charge is -1.96. The van der Waals surface area contributed by atoms with Crippen LogP contribution in [-0.2, 0) is 4.74 Å². The van der Waals surface area contributed by atoms with Gasteiger partial charge in [0, 0.05) is 16.5 Å². The molecule has 2 heterocycles. The molecule has 0 aliphatic carbocycles. The van der Waals surface area contributed by atoms with Crippen LogP contribution in [0, 0.1) is 0 Å². The smallest absolute Gasteiger partial charge is 0.348 e. The van der Waals surface area contributed by atoms with Crippen molar-refractivity contribution < 1.29 is 9.53 Å².